The zero-order valence-electron chi connectivity index (χ0n) is 9.07. The Balaban J connectivity index is 2.19. The lowest BCUT2D eigenvalue weighted by atomic mass is 10.3. The second-order valence-electron chi connectivity index (χ2n) is 3.47. The highest BCUT2D eigenvalue weighted by Gasteiger charge is 2.07. The zero-order valence-corrected chi connectivity index (χ0v) is 10.7. The summed E-state index contributed by atoms with van der Waals surface area (Å²) in [5.74, 6) is 0.626. The van der Waals surface area contributed by atoms with Crippen LogP contribution in [0.15, 0.2) is 28.7 Å². The molecule has 0 spiro atoms. The van der Waals surface area contributed by atoms with Crippen molar-refractivity contribution in [2.75, 3.05) is 19.7 Å². The molecule has 0 bridgehead atoms. The van der Waals surface area contributed by atoms with Crippen molar-refractivity contribution < 1.29 is 18.6 Å². The van der Waals surface area contributed by atoms with Gasteiger partial charge in [-0.25, -0.2) is 8.78 Å². The van der Waals surface area contributed by atoms with Crippen LogP contribution in [-0.2, 0) is 0 Å². The van der Waals surface area contributed by atoms with Gasteiger partial charge in [-0.3, -0.25) is 0 Å². The van der Waals surface area contributed by atoms with Crippen LogP contribution in [0.25, 0.3) is 0 Å². The van der Waals surface area contributed by atoms with E-state index in [1.807, 2.05) is 12.1 Å². The van der Waals surface area contributed by atoms with Gasteiger partial charge in [-0.2, -0.15) is 0 Å². The van der Waals surface area contributed by atoms with Crippen LogP contribution in [0.4, 0.5) is 8.78 Å². The predicted octanol–water partition coefficient (Wildman–Crippen LogP) is 2.04. The summed E-state index contributed by atoms with van der Waals surface area (Å²) in [6, 6.07) is 7.14. The Labute approximate surface area is 107 Å². The van der Waals surface area contributed by atoms with Crippen LogP contribution in [0.2, 0.25) is 0 Å². The minimum absolute atomic E-state index is 0.0673. The third kappa shape index (κ3) is 6.55. The van der Waals surface area contributed by atoms with Gasteiger partial charge in [0.25, 0.3) is 6.43 Å². The highest BCUT2D eigenvalue weighted by Crippen LogP contribution is 2.16. The average molecular weight is 310 g/mol. The quantitative estimate of drug-likeness (QED) is 0.810. The Morgan fingerprint density at radius 3 is 2.47 bits per heavy atom. The standard InChI is InChI=1S/C11H14BrF2NO2/c12-8-1-3-10(4-2-8)17-7-9(16)5-15-6-11(13)14/h1-4,9,11,15-16H,5-7H2. The maximum atomic E-state index is 11.8. The summed E-state index contributed by atoms with van der Waals surface area (Å²) in [6.07, 6.45) is -3.22. The maximum Gasteiger partial charge on any atom is 0.250 e. The molecule has 0 saturated carbocycles. The van der Waals surface area contributed by atoms with Crippen LogP contribution in [0.1, 0.15) is 0 Å². The van der Waals surface area contributed by atoms with Crippen molar-refractivity contribution in [1.82, 2.24) is 5.32 Å². The van der Waals surface area contributed by atoms with Gasteiger partial charge >= 0.3 is 0 Å². The van der Waals surface area contributed by atoms with E-state index in [1.165, 1.54) is 0 Å². The Hall–Kier alpha value is -0.720. The first-order chi connectivity index (χ1) is 8.08. The number of nitrogens with one attached hydrogen (secondary N) is 1. The Kier molecular flexibility index (Phi) is 6.39. The number of ether oxygens (including phenoxy) is 1. The molecule has 1 atom stereocenters. The monoisotopic (exact) mass is 309 g/mol. The molecule has 1 aromatic rings. The molecule has 0 aliphatic rings. The number of aliphatic hydroxyl groups is 1. The maximum absolute atomic E-state index is 11.8. The fourth-order valence-electron chi connectivity index (χ4n) is 1.14. The van der Waals surface area contributed by atoms with Crippen LogP contribution in [-0.4, -0.2) is 37.3 Å². The number of hydrogen-bond donors (Lipinski definition) is 2. The van der Waals surface area contributed by atoms with Gasteiger partial charge in [-0.1, -0.05) is 15.9 Å². The molecule has 1 rings (SSSR count). The summed E-state index contributed by atoms with van der Waals surface area (Å²) in [4.78, 5) is 0. The minimum Gasteiger partial charge on any atom is -0.491 e. The van der Waals surface area contributed by atoms with E-state index < -0.39 is 19.1 Å². The van der Waals surface area contributed by atoms with Crippen molar-refractivity contribution in [3.05, 3.63) is 28.7 Å². The van der Waals surface area contributed by atoms with Gasteiger partial charge in [0.2, 0.25) is 0 Å². The molecule has 0 heterocycles. The number of alkyl halides is 2. The number of benzene rings is 1. The summed E-state index contributed by atoms with van der Waals surface area (Å²) in [6.45, 7) is -0.270. The Morgan fingerprint density at radius 2 is 1.88 bits per heavy atom. The summed E-state index contributed by atoms with van der Waals surface area (Å²) in [7, 11) is 0. The first kappa shape index (κ1) is 14.3. The van der Waals surface area contributed by atoms with Gasteiger partial charge in [0.05, 0.1) is 6.54 Å². The van der Waals surface area contributed by atoms with Gasteiger partial charge < -0.3 is 15.2 Å². The third-order valence-corrected chi connectivity index (χ3v) is 2.46. The van der Waals surface area contributed by atoms with E-state index in [4.69, 9.17) is 4.74 Å². The molecular formula is C11H14BrF2NO2. The zero-order chi connectivity index (χ0) is 12.7. The van der Waals surface area contributed by atoms with E-state index in [9.17, 15) is 13.9 Å². The van der Waals surface area contributed by atoms with E-state index in [2.05, 4.69) is 21.2 Å². The predicted molar refractivity (Wildman–Crippen MR) is 64.5 cm³/mol. The number of hydrogen-bond acceptors (Lipinski definition) is 3. The van der Waals surface area contributed by atoms with Crippen LogP contribution in [0.3, 0.4) is 0 Å². The molecular weight excluding hydrogens is 296 g/mol. The smallest absolute Gasteiger partial charge is 0.250 e. The number of rotatable bonds is 7. The van der Waals surface area contributed by atoms with E-state index in [0.29, 0.717) is 5.75 Å². The number of halogens is 3. The topological polar surface area (TPSA) is 41.5 Å². The number of aliphatic hydroxyl groups excluding tert-OH is 1. The van der Waals surface area contributed by atoms with Gasteiger partial charge in [0.1, 0.15) is 18.5 Å². The molecule has 96 valence electrons. The lowest BCUT2D eigenvalue weighted by molar-refractivity contribution is 0.0951. The second-order valence-corrected chi connectivity index (χ2v) is 4.38. The van der Waals surface area contributed by atoms with Crippen molar-refractivity contribution in [2.24, 2.45) is 0 Å². The largest absolute Gasteiger partial charge is 0.491 e. The summed E-state index contributed by atoms with van der Waals surface area (Å²) >= 11 is 3.29. The highest BCUT2D eigenvalue weighted by molar-refractivity contribution is 9.10. The van der Waals surface area contributed by atoms with Crippen molar-refractivity contribution in [1.29, 1.82) is 0 Å². The third-order valence-electron chi connectivity index (χ3n) is 1.93. The molecule has 2 N–H and O–H groups in total. The van der Waals surface area contributed by atoms with E-state index >= 15 is 0 Å². The van der Waals surface area contributed by atoms with Crippen LogP contribution in [0, 0.1) is 0 Å². The van der Waals surface area contributed by atoms with Crippen LogP contribution >= 0.6 is 15.9 Å². The van der Waals surface area contributed by atoms with E-state index in [1.54, 1.807) is 12.1 Å². The fourth-order valence-corrected chi connectivity index (χ4v) is 1.41. The molecule has 0 saturated heterocycles. The molecule has 0 radical (unpaired) electrons. The molecule has 0 amide bonds. The van der Waals surface area contributed by atoms with Crippen molar-refractivity contribution in [2.45, 2.75) is 12.5 Å². The summed E-state index contributed by atoms with van der Waals surface area (Å²) in [5, 5.41) is 11.9. The molecule has 17 heavy (non-hydrogen) atoms. The molecule has 1 unspecified atom stereocenters. The van der Waals surface area contributed by atoms with Gasteiger partial charge in [-0.05, 0) is 24.3 Å². The average Bonchev–Trinajstić information content (AvgIpc) is 2.28. The van der Waals surface area contributed by atoms with Crippen molar-refractivity contribution >= 4 is 15.9 Å². The highest BCUT2D eigenvalue weighted by atomic mass is 79.9. The summed E-state index contributed by atoms with van der Waals surface area (Å²) < 4.78 is 29.8. The Morgan fingerprint density at radius 1 is 1.24 bits per heavy atom. The molecule has 0 fully saturated rings. The van der Waals surface area contributed by atoms with Gasteiger partial charge in [0.15, 0.2) is 0 Å². The van der Waals surface area contributed by atoms with Gasteiger partial charge in [-0.15, -0.1) is 0 Å². The van der Waals surface area contributed by atoms with Crippen molar-refractivity contribution in [3.8, 4) is 5.75 Å². The first-order valence-corrected chi connectivity index (χ1v) is 5.92. The molecule has 0 aromatic heterocycles. The molecule has 3 nitrogen and oxygen atoms in total. The summed E-state index contributed by atoms with van der Waals surface area (Å²) in [5.41, 5.74) is 0. The second kappa shape index (κ2) is 7.58. The lowest BCUT2D eigenvalue weighted by Crippen LogP contribution is -2.33. The van der Waals surface area contributed by atoms with Gasteiger partial charge in [0, 0.05) is 11.0 Å². The Bertz CT molecular complexity index is 322. The molecule has 0 aliphatic heterocycles. The molecule has 0 aliphatic carbocycles. The lowest BCUT2D eigenvalue weighted by Gasteiger charge is -2.13. The minimum atomic E-state index is -2.41. The van der Waals surface area contributed by atoms with Crippen LogP contribution in [0.5, 0.6) is 5.75 Å². The fraction of sp³-hybridized carbons (Fsp3) is 0.455. The molecule has 6 heteroatoms. The SMILES string of the molecule is OC(CNCC(F)F)COc1ccc(Br)cc1. The normalized spacial score (nSPS) is 12.8. The van der Waals surface area contributed by atoms with E-state index in [0.717, 1.165) is 4.47 Å². The van der Waals surface area contributed by atoms with Crippen LogP contribution < -0.4 is 10.1 Å². The first-order valence-electron chi connectivity index (χ1n) is 5.13. The van der Waals surface area contributed by atoms with Crippen molar-refractivity contribution in [3.63, 3.8) is 0 Å². The molecule has 1 aromatic carbocycles. The van der Waals surface area contributed by atoms with E-state index in [-0.39, 0.29) is 13.2 Å².